The molecule has 0 fully saturated rings. The fraction of sp³-hybridized carbons (Fsp3) is 0. The molecule has 0 saturated carbocycles. The average molecular weight is 291 g/mol. The summed E-state index contributed by atoms with van der Waals surface area (Å²) in [6.07, 6.45) is 2.45. The molecular formula is C14H8Cl2N2O. The summed E-state index contributed by atoms with van der Waals surface area (Å²) in [5.41, 5.74) is 2.61. The Bertz CT molecular complexity index is 763. The molecule has 2 heterocycles. The first-order chi connectivity index (χ1) is 9.19. The second-order valence-electron chi connectivity index (χ2n) is 4.05. The molecule has 0 spiro atoms. The maximum Gasteiger partial charge on any atom is 0.169 e. The molecule has 94 valence electrons. The molecule has 0 unspecified atom stereocenters. The molecule has 19 heavy (non-hydrogen) atoms. The van der Waals surface area contributed by atoms with E-state index in [9.17, 15) is 4.79 Å². The second kappa shape index (κ2) is 4.68. The van der Waals surface area contributed by atoms with Crippen molar-refractivity contribution in [3.63, 3.8) is 0 Å². The number of pyridine rings is 1. The third-order valence-corrected chi connectivity index (χ3v) is 3.32. The number of halogens is 2. The molecule has 0 aliphatic heterocycles. The first-order valence-corrected chi connectivity index (χ1v) is 6.33. The molecule has 1 aromatic carbocycles. The number of imidazole rings is 1. The van der Waals surface area contributed by atoms with Crippen molar-refractivity contribution in [2.24, 2.45) is 0 Å². The van der Waals surface area contributed by atoms with Crippen molar-refractivity contribution < 1.29 is 4.79 Å². The van der Waals surface area contributed by atoms with E-state index < -0.39 is 0 Å². The Morgan fingerprint density at radius 1 is 1.00 bits per heavy atom. The molecule has 0 aliphatic rings. The largest absolute Gasteiger partial charge is 0.296 e. The van der Waals surface area contributed by atoms with Gasteiger partial charge in [-0.2, -0.15) is 0 Å². The number of fused-ring (bicyclic) bond motifs is 1. The predicted molar refractivity (Wildman–Crippen MR) is 76.0 cm³/mol. The van der Waals surface area contributed by atoms with Crippen LogP contribution >= 0.6 is 23.2 Å². The van der Waals surface area contributed by atoms with Gasteiger partial charge in [0.05, 0.1) is 5.02 Å². The zero-order chi connectivity index (χ0) is 13.4. The van der Waals surface area contributed by atoms with Crippen molar-refractivity contribution in [2.45, 2.75) is 0 Å². The van der Waals surface area contributed by atoms with Crippen LogP contribution in [-0.4, -0.2) is 15.7 Å². The highest BCUT2D eigenvalue weighted by atomic mass is 35.5. The van der Waals surface area contributed by atoms with Gasteiger partial charge in [0, 0.05) is 16.8 Å². The molecule has 0 N–H and O–H groups in total. The minimum atomic E-state index is 0.472. The van der Waals surface area contributed by atoms with Gasteiger partial charge < -0.3 is 0 Å². The van der Waals surface area contributed by atoms with E-state index in [1.54, 1.807) is 34.9 Å². The molecule has 3 nitrogen and oxygen atoms in total. The Labute approximate surface area is 119 Å². The molecule has 3 rings (SSSR count). The summed E-state index contributed by atoms with van der Waals surface area (Å²) in [6, 6.07) is 10.7. The van der Waals surface area contributed by atoms with E-state index in [1.165, 1.54) is 0 Å². The minimum absolute atomic E-state index is 0.472. The number of aromatic nitrogens is 2. The highest BCUT2D eigenvalue weighted by Crippen LogP contribution is 2.25. The Morgan fingerprint density at radius 3 is 2.37 bits per heavy atom. The van der Waals surface area contributed by atoms with E-state index in [1.807, 2.05) is 12.1 Å². The first-order valence-electron chi connectivity index (χ1n) is 5.58. The first kappa shape index (κ1) is 12.2. The average Bonchev–Trinajstić information content (AvgIpc) is 2.77. The fourth-order valence-corrected chi connectivity index (χ4v) is 2.26. The van der Waals surface area contributed by atoms with Crippen molar-refractivity contribution >= 4 is 35.1 Å². The number of benzene rings is 1. The van der Waals surface area contributed by atoms with Crippen LogP contribution in [0.2, 0.25) is 10.0 Å². The van der Waals surface area contributed by atoms with E-state index in [2.05, 4.69) is 4.98 Å². The van der Waals surface area contributed by atoms with Crippen LogP contribution in [0.1, 0.15) is 10.5 Å². The molecule has 0 saturated heterocycles. The number of hydrogen-bond donors (Lipinski definition) is 0. The van der Waals surface area contributed by atoms with Gasteiger partial charge in [-0.3, -0.25) is 9.20 Å². The van der Waals surface area contributed by atoms with E-state index >= 15 is 0 Å². The zero-order valence-electron chi connectivity index (χ0n) is 9.68. The molecule has 0 amide bonds. The predicted octanol–water partition coefficient (Wildman–Crippen LogP) is 4.12. The highest BCUT2D eigenvalue weighted by molar-refractivity contribution is 6.30. The summed E-state index contributed by atoms with van der Waals surface area (Å²) in [7, 11) is 0. The van der Waals surface area contributed by atoms with Crippen LogP contribution in [0.15, 0.2) is 42.6 Å². The molecule has 0 aliphatic carbocycles. The number of aldehydes is 1. The summed E-state index contributed by atoms with van der Waals surface area (Å²) in [4.78, 5) is 15.8. The van der Waals surface area contributed by atoms with Gasteiger partial charge in [-0.1, -0.05) is 35.3 Å². The van der Waals surface area contributed by atoms with Crippen LogP contribution in [0.25, 0.3) is 16.9 Å². The van der Waals surface area contributed by atoms with Crippen LogP contribution in [-0.2, 0) is 0 Å². The fourth-order valence-electron chi connectivity index (χ4n) is 1.97. The number of nitrogens with zero attached hydrogens (tertiary/aromatic N) is 2. The molecule has 0 radical (unpaired) electrons. The number of carbonyl (C=O) groups excluding carboxylic acids is 1. The van der Waals surface area contributed by atoms with Crippen LogP contribution in [0.4, 0.5) is 0 Å². The van der Waals surface area contributed by atoms with Crippen LogP contribution < -0.4 is 0 Å². The van der Waals surface area contributed by atoms with Gasteiger partial charge in [0.15, 0.2) is 6.29 Å². The van der Waals surface area contributed by atoms with Gasteiger partial charge in [0.25, 0.3) is 0 Å². The maximum absolute atomic E-state index is 11.3. The van der Waals surface area contributed by atoms with Crippen LogP contribution in [0.3, 0.4) is 0 Å². The molecule has 3 aromatic rings. The summed E-state index contributed by atoms with van der Waals surface area (Å²) in [5, 5.41) is 1.19. The third kappa shape index (κ3) is 2.11. The molecular weight excluding hydrogens is 283 g/mol. The van der Waals surface area contributed by atoms with Crippen LogP contribution in [0, 0.1) is 0 Å². The third-order valence-electron chi connectivity index (χ3n) is 2.85. The molecule has 0 bridgehead atoms. The lowest BCUT2D eigenvalue weighted by molar-refractivity contribution is 0.111. The monoisotopic (exact) mass is 290 g/mol. The lowest BCUT2D eigenvalue weighted by atomic mass is 10.1. The smallest absolute Gasteiger partial charge is 0.169 e. The van der Waals surface area contributed by atoms with E-state index in [-0.39, 0.29) is 0 Å². The van der Waals surface area contributed by atoms with E-state index in [4.69, 9.17) is 23.2 Å². The van der Waals surface area contributed by atoms with Crippen molar-refractivity contribution in [1.82, 2.24) is 9.38 Å². The summed E-state index contributed by atoms with van der Waals surface area (Å²) in [5.74, 6) is 0. The molecule has 2 aromatic heterocycles. The molecule has 5 heteroatoms. The number of hydrogen-bond acceptors (Lipinski definition) is 2. The normalized spacial score (nSPS) is 10.8. The van der Waals surface area contributed by atoms with Crippen LogP contribution in [0.5, 0.6) is 0 Å². The molecule has 0 atom stereocenters. The van der Waals surface area contributed by atoms with Gasteiger partial charge in [-0.25, -0.2) is 4.98 Å². The topological polar surface area (TPSA) is 34.4 Å². The summed E-state index contributed by atoms with van der Waals surface area (Å²) >= 11 is 11.8. The van der Waals surface area contributed by atoms with E-state index in [0.717, 1.165) is 11.8 Å². The van der Waals surface area contributed by atoms with Gasteiger partial charge in [0.1, 0.15) is 17.0 Å². The zero-order valence-corrected chi connectivity index (χ0v) is 11.2. The van der Waals surface area contributed by atoms with E-state index in [0.29, 0.717) is 27.1 Å². The van der Waals surface area contributed by atoms with Gasteiger partial charge >= 0.3 is 0 Å². The lowest BCUT2D eigenvalue weighted by Crippen LogP contribution is -1.92. The van der Waals surface area contributed by atoms with Gasteiger partial charge in [-0.15, -0.1) is 0 Å². The van der Waals surface area contributed by atoms with Gasteiger partial charge in [0.2, 0.25) is 0 Å². The summed E-state index contributed by atoms with van der Waals surface area (Å²) < 4.78 is 1.68. The second-order valence-corrected chi connectivity index (χ2v) is 4.92. The van der Waals surface area contributed by atoms with Crippen molar-refractivity contribution in [2.75, 3.05) is 0 Å². The summed E-state index contributed by atoms with van der Waals surface area (Å²) in [6.45, 7) is 0. The van der Waals surface area contributed by atoms with Gasteiger partial charge in [-0.05, 0) is 24.3 Å². The Kier molecular flexibility index (Phi) is 3.01. The SMILES string of the molecule is O=Cc1c(-c2ccc(Cl)cc2)nc2ccc(Cl)cn12. The lowest BCUT2D eigenvalue weighted by Gasteiger charge is -1.99. The maximum atomic E-state index is 11.3. The standard InChI is InChI=1S/C14H8Cl2N2O/c15-10-3-1-9(2-4-10)14-12(8-19)18-7-11(16)5-6-13(18)17-14/h1-8H. The highest BCUT2D eigenvalue weighted by Gasteiger charge is 2.13. The Hall–Kier alpha value is -1.84. The van der Waals surface area contributed by atoms with Crippen molar-refractivity contribution in [1.29, 1.82) is 0 Å². The number of carbonyl (C=O) groups is 1. The Morgan fingerprint density at radius 2 is 1.68 bits per heavy atom. The minimum Gasteiger partial charge on any atom is -0.296 e. The Balaban J connectivity index is 2.28. The number of rotatable bonds is 2. The van der Waals surface area contributed by atoms with Crippen molar-refractivity contribution in [3.8, 4) is 11.3 Å². The quantitative estimate of drug-likeness (QED) is 0.665. The van der Waals surface area contributed by atoms with Crippen molar-refractivity contribution in [3.05, 3.63) is 58.3 Å².